The van der Waals surface area contributed by atoms with E-state index in [9.17, 15) is 4.79 Å². The minimum absolute atomic E-state index is 0.796. The fraction of sp³-hybridized carbons (Fsp3) is 0.385. The highest BCUT2D eigenvalue weighted by Crippen LogP contribution is 2.25. The van der Waals surface area contributed by atoms with Crippen LogP contribution in [0.1, 0.15) is 5.69 Å². The third kappa shape index (κ3) is 3.17. The molecule has 0 atom stereocenters. The summed E-state index contributed by atoms with van der Waals surface area (Å²) in [5.41, 5.74) is 0.796. The summed E-state index contributed by atoms with van der Waals surface area (Å²) >= 11 is 1.53. The van der Waals surface area contributed by atoms with Gasteiger partial charge in [0.05, 0.1) is 5.69 Å². The molecule has 0 radical (unpaired) electrons. The molecule has 7 heteroatoms. The Morgan fingerprint density at radius 1 is 1.45 bits per heavy atom. The Morgan fingerprint density at radius 3 is 2.85 bits per heavy atom. The lowest BCUT2D eigenvalue weighted by Gasteiger charge is -2.20. The van der Waals surface area contributed by atoms with Crippen LogP contribution in [0, 0.1) is 0 Å². The molecule has 108 valence electrons. The summed E-state index contributed by atoms with van der Waals surface area (Å²) in [6.07, 6.45) is 4.64. The molecule has 0 saturated heterocycles. The normalized spacial score (nSPS) is 11.8. The van der Waals surface area contributed by atoms with Crippen LogP contribution in [0.25, 0.3) is 11.0 Å². The van der Waals surface area contributed by atoms with Crippen LogP contribution in [-0.2, 0) is 4.79 Å². The van der Waals surface area contributed by atoms with Gasteiger partial charge in [0.1, 0.15) is 0 Å². The molecule has 0 fully saturated rings. The van der Waals surface area contributed by atoms with Gasteiger partial charge < -0.3 is 14.9 Å². The smallest absolute Gasteiger partial charge is 0.328 e. The van der Waals surface area contributed by atoms with Gasteiger partial charge in [-0.1, -0.05) is 0 Å². The van der Waals surface area contributed by atoms with Gasteiger partial charge in [0, 0.05) is 37.8 Å². The van der Waals surface area contributed by atoms with Crippen molar-refractivity contribution in [3.8, 4) is 0 Å². The number of hydrogen-bond donors (Lipinski definition) is 1. The molecule has 0 aliphatic rings. The predicted molar refractivity (Wildman–Crippen MR) is 81.6 cm³/mol. The first kappa shape index (κ1) is 14.5. The van der Waals surface area contributed by atoms with Crippen LogP contribution in [0.2, 0.25) is 0 Å². The van der Waals surface area contributed by atoms with E-state index in [-0.39, 0.29) is 0 Å². The quantitative estimate of drug-likeness (QED) is 0.818. The number of imidazole rings is 1. The van der Waals surface area contributed by atoms with Crippen LogP contribution in [0.15, 0.2) is 17.7 Å². The lowest BCUT2D eigenvalue weighted by Crippen LogP contribution is -2.29. The Labute approximate surface area is 121 Å². The Bertz CT molecular complexity index is 629. The van der Waals surface area contributed by atoms with Gasteiger partial charge in [0.2, 0.25) is 0 Å². The van der Waals surface area contributed by atoms with Crippen molar-refractivity contribution in [2.45, 2.75) is 0 Å². The van der Waals surface area contributed by atoms with Gasteiger partial charge in [-0.05, 0) is 20.2 Å². The van der Waals surface area contributed by atoms with Crippen LogP contribution in [0.4, 0.5) is 5.82 Å². The van der Waals surface area contributed by atoms with Crippen molar-refractivity contribution >= 4 is 34.2 Å². The SMILES string of the molecule is CN(C)CCN(C)c1nc2sccn2c1C=CC(=O)O. The number of carbonyl (C=O) groups is 1. The number of nitrogens with zero attached hydrogens (tertiary/aromatic N) is 4. The number of hydrogen-bond acceptors (Lipinski definition) is 5. The van der Waals surface area contributed by atoms with Crippen LogP contribution in [0.5, 0.6) is 0 Å². The van der Waals surface area contributed by atoms with Gasteiger partial charge in [-0.3, -0.25) is 4.40 Å². The Kier molecular flexibility index (Phi) is 4.41. The van der Waals surface area contributed by atoms with Crippen molar-refractivity contribution in [3.05, 3.63) is 23.3 Å². The Balaban J connectivity index is 2.33. The molecular formula is C13H18N4O2S. The van der Waals surface area contributed by atoms with Gasteiger partial charge in [0.25, 0.3) is 0 Å². The molecule has 1 N–H and O–H groups in total. The lowest BCUT2D eigenvalue weighted by atomic mass is 10.3. The average Bonchev–Trinajstić information content (AvgIpc) is 2.93. The van der Waals surface area contributed by atoms with Gasteiger partial charge in [-0.15, -0.1) is 11.3 Å². The van der Waals surface area contributed by atoms with Crippen LogP contribution >= 0.6 is 11.3 Å². The molecule has 0 saturated carbocycles. The van der Waals surface area contributed by atoms with E-state index >= 15 is 0 Å². The van der Waals surface area contributed by atoms with Crippen LogP contribution in [0.3, 0.4) is 0 Å². The van der Waals surface area contributed by atoms with E-state index in [0.29, 0.717) is 0 Å². The number of aliphatic carboxylic acids is 1. The number of carboxylic acids is 1. The highest BCUT2D eigenvalue weighted by molar-refractivity contribution is 7.15. The van der Waals surface area contributed by atoms with E-state index in [2.05, 4.69) is 9.88 Å². The first-order valence-corrected chi connectivity index (χ1v) is 7.09. The van der Waals surface area contributed by atoms with E-state index in [1.54, 1.807) is 6.08 Å². The fourth-order valence-electron chi connectivity index (χ4n) is 1.83. The molecule has 0 amide bonds. The van der Waals surface area contributed by atoms with Crippen molar-refractivity contribution < 1.29 is 9.90 Å². The van der Waals surface area contributed by atoms with E-state index in [4.69, 9.17) is 5.11 Å². The van der Waals surface area contributed by atoms with Crippen molar-refractivity contribution in [3.63, 3.8) is 0 Å². The second-order valence-electron chi connectivity index (χ2n) is 4.77. The number of fused-ring (bicyclic) bond motifs is 1. The van der Waals surface area contributed by atoms with E-state index < -0.39 is 5.97 Å². The molecular weight excluding hydrogens is 276 g/mol. The number of likely N-dealkylation sites (N-methyl/N-ethyl adjacent to an activating group) is 2. The summed E-state index contributed by atoms with van der Waals surface area (Å²) < 4.78 is 1.91. The zero-order valence-electron chi connectivity index (χ0n) is 11.8. The maximum Gasteiger partial charge on any atom is 0.328 e. The minimum Gasteiger partial charge on any atom is -0.478 e. The Morgan fingerprint density at radius 2 is 2.20 bits per heavy atom. The standard InChI is InChI=1S/C13H18N4O2S/c1-15(2)6-7-16(3)12-10(4-5-11(18)19)17-8-9-20-13(17)14-12/h4-5,8-9H,6-7H2,1-3H3,(H,18,19). The summed E-state index contributed by atoms with van der Waals surface area (Å²) in [5, 5.41) is 10.7. The largest absolute Gasteiger partial charge is 0.478 e. The maximum atomic E-state index is 10.7. The zero-order chi connectivity index (χ0) is 14.7. The lowest BCUT2D eigenvalue weighted by molar-refractivity contribution is -0.131. The number of carboxylic acid groups (broad SMARTS) is 1. The molecule has 2 heterocycles. The number of rotatable bonds is 6. The molecule has 2 rings (SSSR count). The van der Waals surface area contributed by atoms with Crippen molar-refractivity contribution in [2.75, 3.05) is 39.1 Å². The van der Waals surface area contributed by atoms with Gasteiger partial charge >= 0.3 is 5.97 Å². The van der Waals surface area contributed by atoms with E-state index in [1.165, 1.54) is 11.3 Å². The topological polar surface area (TPSA) is 61.1 Å². The van der Waals surface area contributed by atoms with Crippen molar-refractivity contribution in [1.82, 2.24) is 14.3 Å². The first-order valence-electron chi connectivity index (χ1n) is 6.21. The average molecular weight is 294 g/mol. The maximum absolute atomic E-state index is 10.7. The summed E-state index contributed by atoms with van der Waals surface area (Å²) in [6, 6.07) is 0. The molecule has 0 aliphatic carbocycles. The number of thiazole rings is 1. The molecule has 0 unspecified atom stereocenters. The number of aromatic nitrogens is 2. The van der Waals surface area contributed by atoms with Crippen molar-refractivity contribution in [2.24, 2.45) is 0 Å². The van der Waals surface area contributed by atoms with Crippen LogP contribution < -0.4 is 4.90 Å². The third-order valence-electron chi connectivity index (χ3n) is 2.91. The van der Waals surface area contributed by atoms with Gasteiger partial charge in [-0.2, -0.15) is 0 Å². The molecule has 2 aromatic rings. The summed E-state index contributed by atoms with van der Waals surface area (Å²) in [4.78, 5) is 20.3. The molecule has 0 aromatic carbocycles. The van der Waals surface area contributed by atoms with E-state index in [0.717, 1.165) is 35.6 Å². The zero-order valence-corrected chi connectivity index (χ0v) is 12.6. The first-order chi connectivity index (χ1) is 9.49. The molecule has 2 aromatic heterocycles. The third-order valence-corrected chi connectivity index (χ3v) is 3.66. The summed E-state index contributed by atoms with van der Waals surface area (Å²) in [6.45, 7) is 1.73. The minimum atomic E-state index is -0.961. The molecule has 0 aliphatic heterocycles. The van der Waals surface area contributed by atoms with Gasteiger partial charge in [-0.25, -0.2) is 9.78 Å². The molecule has 20 heavy (non-hydrogen) atoms. The highest BCUT2D eigenvalue weighted by Gasteiger charge is 2.14. The second-order valence-corrected chi connectivity index (χ2v) is 5.65. The molecule has 6 nitrogen and oxygen atoms in total. The van der Waals surface area contributed by atoms with Crippen molar-refractivity contribution in [1.29, 1.82) is 0 Å². The molecule has 0 bridgehead atoms. The Hall–Kier alpha value is -1.86. The highest BCUT2D eigenvalue weighted by atomic mass is 32.1. The fourth-order valence-corrected chi connectivity index (χ4v) is 2.55. The van der Waals surface area contributed by atoms with E-state index in [1.807, 2.05) is 42.0 Å². The second kappa shape index (κ2) is 6.06. The number of anilines is 1. The van der Waals surface area contributed by atoms with Gasteiger partial charge in [0.15, 0.2) is 10.8 Å². The monoisotopic (exact) mass is 294 g/mol. The summed E-state index contributed by atoms with van der Waals surface area (Å²) in [5.74, 6) is -0.159. The summed E-state index contributed by atoms with van der Waals surface area (Å²) in [7, 11) is 6.00. The predicted octanol–water partition coefficient (Wildman–Crippen LogP) is 1.49. The molecule has 0 spiro atoms. The van der Waals surface area contributed by atoms with Crippen LogP contribution in [-0.4, -0.2) is 59.6 Å².